The van der Waals surface area contributed by atoms with E-state index in [0.717, 1.165) is 0 Å². The van der Waals surface area contributed by atoms with Crippen molar-refractivity contribution < 1.29 is 14.7 Å². The van der Waals surface area contributed by atoms with Crippen molar-refractivity contribution in [3.8, 4) is 0 Å². The zero-order valence-corrected chi connectivity index (χ0v) is 7.91. The van der Waals surface area contributed by atoms with E-state index >= 15 is 0 Å². The van der Waals surface area contributed by atoms with Crippen LogP contribution in [0.1, 0.15) is 20.3 Å². The van der Waals surface area contributed by atoms with Crippen molar-refractivity contribution in [3.63, 3.8) is 0 Å². The molecule has 0 radical (unpaired) electrons. The number of carbonyl (C=O) groups excluding carboxylic acids is 1. The molecule has 0 spiro atoms. The van der Waals surface area contributed by atoms with Crippen LogP contribution in [0.3, 0.4) is 0 Å². The molecule has 13 heavy (non-hydrogen) atoms. The van der Waals surface area contributed by atoms with E-state index in [1.807, 2.05) is 13.8 Å². The highest BCUT2D eigenvalue weighted by Gasteiger charge is 2.19. The van der Waals surface area contributed by atoms with Crippen LogP contribution in [-0.4, -0.2) is 29.6 Å². The van der Waals surface area contributed by atoms with E-state index in [0.29, 0.717) is 6.42 Å². The Hall–Kier alpha value is -1.10. The number of carbonyl (C=O) groups is 2. The summed E-state index contributed by atoms with van der Waals surface area (Å²) in [6, 6.07) is -0.823. The van der Waals surface area contributed by atoms with Crippen LogP contribution >= 0.6 is 0 Å². The van der Waals surface area contributed by atoms with Gasteiger partial charge in [-0.2, -0.15) is 0 Å². The van der Waals surface area contributed by atoms with E-state index in [9.17, 15) is 9.59 Å². The molecule has 0 aliphatic rings. The third-order valence-corrected chi connectivity index (χ3v) is 1.53. The number of aliphatic carboxylic acids is 1. The molecule has 1 amide bonds. The molecule has 1 atom stereocenters. The van der Waals surface area contributed by atoms with Gasteiger partial charge in [-0.25, -0.2) is 4.79 Å². The quantitative estimate of drug-likeness (QED) is 0.545. The fourth-order valence-electron chi connectivity index (χ4n) is 0.946. The summed E-state index contributed by atoms with van der Waals surface area (Å²) in [6.45, 7) is 3.61. The van der Waals surface area contributed by atoms with Gasteiger partial charge in [-0.1, -0.05) is 13.8 Å². The van der Waals surface area contributed by atoms with E-state index in [1.165, 1.54) is 0 Å². The van der Waals surface area contributed by atoms with Crippen molar-refractivity contribution in [1.82, 2.24) is 5.32 Å². The molecule has 0 aromatic carbocycles. The van der Waals surface area contributed by atoms with Crippen LogP contribution in [0.2, 0.25) is 0 Å². The molecule has 0 aliphatic heterocycles. The van der Waals surface area contributed by atoms with E-state index in [2.05, 4.69) is 5.32 Å². The smallest absolute Gasteiger partial charge is 0.326 e. The van der Waals surface area contributed by atoms with Crippen LogP contribution in [-0.2, 0) is 9.59 Å². The molecule has 4 N–H and O–H groups in total. The maximum atomic E-state index is 10.8. The Bertz CT molecular complexity index is 192. The normalized spacial score (nSPS) is 12.6. The molecule has 0 fully saturated rings. The summed E-state index contributed by atoms with van der Waals surface area (Å²) in [7, 11) is 0. The number of carboxylic acid groups (broad SMARTS) is 1. The molecule has 0 aliphatic carbocycles. The van der Waals surface area contributed by atoms with E-state index in [4.69, 9.17) is 10.8 Å². The Kier molecular flexibility index (Phi) is 5.06. The van der Waals surface area contributed by atoms with Gasteiger partial charge in [-0.3, -0.25) is 4.79 Å². The van der Waals surface area contributed by atoms with Crippen LogP contribution < -0.4 is 11.1 Å². The van der Waals surface area contributed by atoms with E-state index in [-0.39, 0.29) is 12.5 Å². The molecule has 0 saturated heterocycles. The van der Waals surface area contributed by atoms with Gasteiger partial charge in [0.1, 0.15) is 6.04 Å². The number of hydrogen-bond donors (Lipinski definition) is 3. The molecule has 0 saturated carbocycles. The Morgan fingerprint density at radius 1 is 1.46 bits per heavy atom. The number of rotatable bonds is 5. The van der Waals surface area contributed by atoms with Crippen LogP contribution in [0.25, 0.3) is 0 Å². The van der Waals surface area contributed by atoms with Crippen molar-refractivity contribution >= 4 is 11.9 Å². The fraction of sp³-hybridized carbons (Fsp3) is 0.750. The van der Waals surface area contributed by atoms with Gasteiger partial charge in [0, 0.05) is 0 Å². The molecule has 0 bridgehead atoms. The minimum Gasteiger partial charge on any atom is -0.480 e. The van der Waals surface area contributed by atoms with Crippen molar-refractivity contribution in [3.05, 3.63) is 0 Å². The first-order valence-corrected chi connectivity index (χ1v) is 4.19. The maximum absolute atomic E-state index is 10.8. The largest absolute Gasteiger partial charge is 0.480 e. The first kappa shape index (κ1) is 11.9. The highest BCUT2D eigenvalue weighted by Crippen LogP contribution is 2.04. The molecular weight excluding hydrogens is 172 g/mol. The lowest BCUT2D eigenvalue weighted by atomic mass is 10.0. The van der Waals surface area contributed by atoms with E-state index < -0.39 is 17.9 Å². The highest BCUT2D eigenvalue weighted by atomic mass is 16.4. The van der Waals surface area contributed by atoms with Gasteiger partial charge in [0.05, 0.1) is 6.54 Å². The van der Waals surface area contributed by atoms with Crippen molar-refractivity contribution in [2.45, 2.75) is 26.3 Å². The van der Waals surface area contributed by atoms with Gasteiger partial charge in [-0.15, -0.1) is 0 Å². The fourth-order valence-corrected chi connectivity index (χ4v) is 0.946. The number of nitrogens with one attached hydrogen (secondary N) is 1. The van der Waals surface area contributed by atoms with Crippen molar-refractivity contribution in [2.75, 3.05) is 6.54 Å². The van der Waals surface area contributed by atoms with Gasteiger partial charge >= 0.3 is 5.97 Å². The van der Waals surface area contributed by atoms with Crippen LogP contribution in [0, 0.1) is 5.92 Å². The standard InChI is InChI=1S/C8H16N2O3/c1-5(2)3-6(8(12)13)10-7(11)4-9/h5-6H,3-4,9H2,1-2H3,(H,10,11)(H,12,13)/t6-/m1/s1. The summed E-state index contributed by atoms with van der Waals surface area (Å²) in [4.78, 5) is 21.4. The highest BCUT2D eigenvalue weighted by molar-refractivity contribution is 5.84. The van der Waals surface area contributed by atoms with Crippen LogP contribution in [0.4, 0.5) is 0 Å². The molecule has 5 heteroatoms. The Labute approximate surface area is 77.3 Å². The lowest BCUT2D eigenvalue weighted by Gasteiger charge is -2.15. The summed E-state index contributed by atoms with van der Waals surface area (Å²) < 4.78 is 0. The third-order valence-electron chi connectivity index (χ3n) is 1.53. The second kappa shape index (κ2) is 5.53. The zero-order valence-electron chi connectivity index (χ0n) is 7.91. The van der Waals surface area contributed by atoms with Gasteiger partial charge in [0.25, 0.3) is 0 Å². The molecule has 0 heterocycles. The summed E-state index contributed by atoms with van der Waals surface area (Å²) in [5.41, 5.74) is 5.05. The van der Waals surface area contributed by atoms with Gasteiger partial charge in [-0.05, 0) is 12.3 Å². The average molecular weight is 188 g/mol. The summed E-state index contributed by atoms with van der Waals surface area (Å²) in [5.74, 6) is -1.23. The summed E-state index contributed by atoms with van der Waals surface area (Å²) in [5, 5.41) is 11.0. The predicted octanol–water partition coefficient (Wildman–Crippen LogP) is -0.439. The molecule has 76 valence electrons. The molecule has 5 nitrogen and oxygen atoms in total. The van der Waals surface area contributed by atoms with E-state index in [1.54, 1.807) is 0 Å². The van der Waals surface area contributed by atoms with Gasteiger partial charge in [0.2, 0.25) is 5.91 Å². The minimum atomic E-state index is -1.02. The summed E-state index contributed by atoms with van der Waals surface area (Å²) in [6.07, 6.45) is 0.418. The second-order valence-corrected chi connectivity index (χ2v) is 3.29. The predicted molar refractivity (Wildman–Crippen MR) is 48.1 cm³/mol. The molecular formula is C8H16N2O3. The van der Waals surface area contributed by atoms with Crippen molar-refractivity contribution in [1.29, 1.82) is 0 Å². The molecule has 0 aromatic rings. The van der Waals surface area contributed by atoms with Crippen LogP contribution in [0.15, 0.2) is 0 Å². The van der Waals surface area contributed by atoms with Crippen LogP contribution in [0.5, 0.6) is 0 Å². The average Bonchev–Trinajstić information content (AvgIpc) is 2.02. The lowest BCUT2D eigenvalue weighted by molar-refractivity contribution is -0.142. The van der Waals surface area contributed by atoms with Gasteiger partial charge < -0.3 is 16.2 Å². The third kappa shape index (κ3) is 5.19. The first-order valence-electron chi connectivity index (χ1n) is 4.19. The summed E-state index contributed by atoms with van der Waals surface area (Å²) >= 11 is 0. The maximum Gasteiger partial charge on any atom is 0.326 e. The second-order valence-electron chi connectivity index (χ2n) is 3.29. The number of nitrogens with two attached hydrogens (primary N) is 1. The monoisotopic (exact) mass is 188 g/mol. The molecule has 0 unspecified atom stereocenters. The number of amides is 1. The number of carboxylic acids is 1. The Morgan fingerprint density at radius 2 is 2.00 bits per heavy atom. The van der Waals surface area contributed by atoms with Gasteiger partial charge in [0.15, 0.2) is 0 Å². The zero-order chi connectivity index (χ0) is 10.4. The Balaban J connectivity index is 4.10. The van der Waals surface area contributed by atoms with Crippen molar-refractivity contribution in [2.24, 2.45) is 11.7 Å². The first-order chi connectivity index (χ1) is 5.97. The number of hydrogen-bond acceptors (Lipinski definition) is 3. The topological polar surface area (TPSA) is 92.4 Å². The Morgan fingerprint density at radius 3 is 2.31 bits per heavy atom. The SMILES string of the molecule is CC(C)C[C@@H](NC(=O)CN)C(=O)O. The molecule has 0 aromatic heterocycles. The molecule has 0 rings (SSSR count). The minimum absolute atomic E-state index is 0.179. The lowest BCUT2D eigenvalue weighted by Crippen LogP contribution is -2.44.